The van der Waals surface area contributed by atoms with Crippen LogP contribution >= 0.6 is 0 Å². The molecule has 16 rings (SSSR count). The first-order chi connectivity index (χ1) is 39.5. The molecule has 2 amide bonds. The highest BCUT2D eigenvalue weighted by molar-refractivity contribution is 6.34. The molecule has 374 valence electrons. The van der Waals surface area contributed by atoms with E-state index in [9.17, 15) is 9.59 Å². The van der Waals surface area contributed by atoms with Crippen molar-refractivity contribution in [2.45, 2.75) is 0 Å². The van der Waals surface area contributed by atoms with E-state index in [1.165, 1.54) is 48.7 Å². The van der Waals surface area contributed by atoms with Gasteiger partial charge in [0, 0.05) is 49.4 Å². The summed E-state index contributed by atoms with van der Waals surface area (Å²) in [5.41, 5.74) is 20.5. The Morgan fingerprint density at radius 3 is 0.838 bits per heavy atom. The average Bonchev–Trinajstić information content (AvgIpc) is 4.27. The van der Waals surface area contributed by atoms with E-state index < -0.39 is 0 Å². The number of amides is 2. The van der Waals surface area contributed by atoms with Gasteiger partial charge in [-0.25, -0.2) is 4.90 Å². The van der Waals surface area contributed by atoms with Crippen LogP contribution in [0.15, 0.2) is 279 Å². The maximum Gasteiger partial charge on any atom is 0.266 e. The van der Waals surface area contributed by atoms with E-state index in [1.807, 2.05) is 24.3 Å². The minimum atomic E-state index is -0.309. The van der Waals surface area contributed by atoms with Gasteiger partial charge in [-0.15, -0.1) is 0 Å². The van der Waals surface area contributed by atoms with Gasteiger partial charge in [0.1, 0.15) is 0 Å². The molecule has 0 radical (unpaired) electrons. The Labute approximate surface area is 460 Å². The summed E-state index contributed by atoms with van der Waals surface area (Å²) in [4.78, 5) is 28.5. The Balaban J connectivity index is 0.830. The molecule has 12 aromatic carbocycles. The zero-order valence-electron chi connectivity index (χ0n) is 43.2. The number of hydrogen-bond acceptors (Lipinski definition) is 2. The second kappa shape index (κ2) is 17.9. The summed E-state index contributed by atoms with van der Waals surface area (Å²) in [6.07, 6.45) is 0. The lowest BCUT2D eigenvalue weighted by molar-refractivity contribution is 0.0926. The van der Waals surface area contributed by atoms with Gasteiger partial charge in [0.25, 0.3) is 11.8 Å². The van der Waals surface area contributed by atoms with Gasteiger partial charge in [-0.05, 0) is 166 Å². The minimum absolute atomic E-state index is 0.309. The molecule has 0 aliphatic carbocycles. The number of benzene rings is 12. The van der Waals surface area contributed by atoms with Crippen LogP contribution in [0, 0.1) is 0 Å². The summed E-state index contributed by atoms with van der Waals surface area (Å²) < 4.78 is 7.04. The van der Waals surface area contributed by atoms with Crippen LogP contribution in [0.25, 0.3) is 127 Å². The van der Waals surface area contributed by atoms with Crippen molar-refractivity contribution in [1.82, 2.24) is 13.7 Å². The molecule has 1 aliphatic heterocycles. The van der Waals surface area contributed by atoms with Crippen molar-refractivity contribution in [3.8, 4) is 61.6 Å². The predicted octanol–water partition coefficient (Wildman–Crippen LogP) is 18.4. The molecule has 0 spiro atoms. The van der Waals surface area contributed by atoms with E-state index in [1.54, 1.807) is 24.3 Å². The van der Waals surface area contributed by atoms with Crippen LogP contribution in [0.4, 0.5) is 5.69 Å². The van der Waals surface area contributed by atoms with Crippen LogP contribution in [0.2, 0.25) is 0 Å². The molecular weight excluding hydrogens is 977 g/mol. The SMILES string of the molecule is O=C1c2ccccc2C(=O)N1c1ccc(-n2c3ccc(-c4ccc5c(c4)c4ccccc4n5-c4ccc(-c5ccccc5)cc4)cc3c3cc(-c4ccc5c(c4)c4ccccc4n5-c4ccc(-c5ccccc5)cc4)ccc32)cc1. The fraction of sp³-hybridized carbons (Fsp3) is 0. The van der Waals surface area contributed by atoms with Crippen molar-refractivity contribution in [2.24, 2.45) is 0 Å². The van der Waals surface area contributed by atoms with Crippen molar-refractivity contribution >= 4 is 82.9 Å². The van der Waals surface area contributed by atoms with Crippen molar-refractivity contribution in [1.29, 1.82) is 0 Å². The standard InChI is InChI=1S/C74H46N4O2/c79-73-61-19-7-8-20-62(61)74(80)78(73)58-37-35-57(36-38-58)77-71-41-29-53(51-27-39-69-63(43-51)59-17-9-11-21-67(59)75(69)55-31-23-49(24-32-55)47-13-3-1-4-14-47)45-65(71)66-46-54(30-42-72(66)77)52-28-40-70-64(44-52)60-18-10-12-22-68(60)76(70)56-33-25-50(26-34-56)48-15-5-2-6-16-48/h1-46H. The lowest BCUT2D eigenvalue weighted by Gasteiger charge is -2.15. The summed E-state index contributed by atoms with van der Waals surface area (Å²) in [5.74, 6) is -0.619. The van der Waals surface area contributed by atoms with Gasteiger partial charge in [0.2, 0.25) is 0 Å². The largest absolute Gasteiger partial charge is 0.309 e. The smallest absolute Gasteiger partial charge is 0.266 e. The van der Waals surface area contributed by atoms with Gasteiger partial charge < -0.3 is 13.7 Å². The fourth-order valence-electron chi connectivity index (χ4n) is 12.6. The number of carbonyl (C=O) groups excluding carboxylic acids is 2. The fourth-order valence-corrected chi connectivity index (χ4v) is 12.6. The monoisotopic (exact) mass is 1020 g/mol. The molecule has 0 N–H and O–H groups in total. The number of hydrogen-bond donors (Lipinski definition) is 0. The number of carbonyl (C=O) groups is 2. The molecule has 1 aliphatic rings. The molecule has 3 aromatic heterocycles. The summed E-state index contributed by atoms with van der Waals surface area (Å²) in [6.45, 7) is 0. The Bertz CT molecular complexity index is 4720. The molecule has 0 saturated carbocycles. The molecule has 0 fully saturated rings. The Kier molecular flexibility index (Phi) is 10.1. The van der Waals surface area contributed by atoms with E-state index >= 15 is 0 Å². The highest BCUT2D eigenvalue weighted by atomic mass is 16.2. The van der Waals surface area contributed by atoms with Crippen molar-refractivity contribution in [3.05, 3.63) is 290 Å². The first-order valence-electron chi connectivity index (χ1n) is 27.1. The quantitative estimate of drug-likeness (QED) is 0.142. The lowest BCUT2D eigenvalue weighted by atomic mass is 9.98. The molecular formula is C74H46N4O2. The van der Waals surface area contributed by atoms with Gasteiger partial charge in [-0.1, -0.05) is 158 Å². The first-order valence-corrected chi connectivity index (χ1v) is 27.1. The third-order valence-electron chi connectivity index (χ3n) is 16.4. The normalized spacial score (nSPS) is 12.5. The Morgan fingerprint density at radius 2 is 0.463 bits per heavy atom. The van der Waals surface area contributed by atoms with Gasteiger partial charge >= 0.3 is 0 Å². The second-order valence-corrected chi connectivity index (χ2v) is 20.8. The maximum absolute atomic E-state index is 13.6. The average molecular weight is 1020 g/mol. The molecule has 80 heavy (non-hydrogen) atoms. The topological polar surface area (TPSA) is 52.2 Å². The molecule has 15 aromatic rings. The van der Waals surface area contributed by atoms with Crippen molar-refractivity contribution < 1.29 is 9.59 Å². The number of aromatic nitrogens is 3. The molecule has 0 unspecified atom stereocenters. The summed E-state index contributed by atoms with van der Waals surface area (Å²) in [6, 6.07) is 98.3. The van der Waals surface area contributed by atoms with Crippen LogP contribution < -0.4 is 4.90 Å². The number of anilines is 1. The summed E-state index contributed by atoms with van der Waals surface area (Å²) in [7, 11) is 0. The van der Waals surface area contributed by atoms with Gasteiger partial charge in [0.15, 0.2) is 0 Å². The molecule has 0 bridgehead atoms. The van der Waals surface area contributed by atoms with Crippen LogP contribution in [0.5, 0.6) is 0 Å². The number of fused-ring (bicyclic) bond motifs is 10. The summed E-state index contributed by atoms with van der Waals surface area (Å²) >= 11 is 0. The van der Waals surface area contributed by atoms with Crippen LogP contribution in [-0.2, 0) is 0 Å². The van der Waals surface area contributed by atoms with E-state index in [2.05, 4.69) is 244 Å². The Morgan fingerprint density at radius 1 is 0.200 bits per heavy atom. The zero-order valence-corrected chi connectivity index (χ0v) is 43.2. The van der Waals surface area contributed by atoms with E-state index in [0.717, 1.165) is 83.2 Å². The molecule has 0 atom stereocenters. The third-order valence-corrected chi connectivity index (χ3v) is 16.4. The number of nitrogens with zero attached hydrogens (tertiary/aromatic N) is 4. The van der Waals surface area contributed by atoms with E-state index in [4.69, 9.17) is 0 Å². The predicted molar refractivity (Wildman–Crippen MR) is 329 cm³/mol. The van der Waals surface area contributed by atoms with Crippen molar-refractivity contribution in [3.63, 3.8) is 0 Å². The van der Waals surface area contributed by atoms with E-state index in [0.29, 0.717) is 16.8 Å². The number of rotatable bonds is 8. The number of imide groups is 1. The first kappa shape index (κ1) is 45.4. The van der Waals surface area contributed by atoms with Crippen LogP contribution in [-0.4, -0.2) is 25.5 Å². The zero-order chi connectivity index (χ0) is 53.0. The number of para-hydroxylation sites is 2. The third kappa shape index (κ3) is 7.06. The van der Waals surface area contributed by atoms with E-state index in [-0.39, 0.29) is 11.8 Å². The minimum Gasteiger partial charge on any atom is -0.309 e. The second-order valence-electron chi connectivity index (χ2n) is 20.8. The van der Waals surface area contributed by atoms with Gasteiger partial charge in [-0.3, -0.25) is 9.59 Å². The van der Waals surface area contributed by atoms with Crippen LogP contribution in [0.1, 0.15) is 20.7 Å². The van der Waals surface area contributed by atoms with Gasteiger partial charge in [0.05, 0.1) is 49.9 Å². The maximum atomic E-state index is 13.6. The van der Waals surface area contributed by atoms with Gasteiger partial charge in [-0.2, -0.15) is 0 Å². The highest BCUT2D eigenvalue weighted by Gasteiger charge is 2.36. The van der Waals surface area contributed by atoms with Crippen molar-refractivity contribution in [2.75, 3.05) is 4.90 Å². The lowest BCUT2D eigenvalue weighted by Crippen LogP contribution is -2.29. The molecule has 0 saturated heterocycles. The molecule has 6 heteroatoms. The summed E-state index contributed by atoms with van der Waals surface area (Å²) in [5, 5.41) is 7.00. The molecule has 4 heterocycles. The highest BCUT2D eigenvalue weighted by Crippen LogP contribution is 2.42. The van der Waals surface area contributed by atoms with Crippen LogP contribution in [0.3, 0.4) is 0 Å². The molecule has 6 nitrogen and oxygen atoms in total. The Hall–Kier alpha value is -10.8.